The molecule has 1 N–H and O–H groups in total. The van der Waals surface area contributed by atoms with Crippen LogP contribution in [0, 0.1) is 0 Å². The highest BCUT2D eigenvalue weighted by Gasteiger charge is 2.18. The average Bonchev–Trinajstić information content (AvgIpc) is 2.71. The molecule has 80 valence electrons. The van der Waals surface area contributed by atoms with Gasteiger partial charge in [-0.25, -0.2) is 9.97 Å². The molecule has 0 aliphatic carbocycles. The average molecular weight is 244 g/mol. The van der Waals surface area contributed by atoms with Crippen molar-refractivity contribution in [1.29, 1.82) is 0 Å². The van der Waals surface area contributed by atoms with Crippen LogP contribution in [-0.2, 0) is 0 Å². The Morgan fingerprint density at radius 3 is 3.13 bits per heavy atom. The first kappa shape index (κ1) is 10.7. The van der Waals surface area contributed by atoms with E-state index in [2.05, 4.69) is 15.3 Å². The Morgan fingerprint density at radius 2 is 2.47 bits per heavy atom. The molecule has 1 aliphatic heterocycles. The second kappa shape index (κ2) is 4.81. The van der Waals surface area contributed by atoms with E-state index in [9.17, 15) is 4.79 Å². The fourth-order valence-corrected chi connectivity index (χ4v) is 2.77. The monoisotopic (exact) mass is 243 g/mol. The number of hydrogen-bond acceptors (Lipinski definition) is 5. The van der Waals surface area contributed by atoms with Gasteiger partial charge in [-0.15, -0.1) is 0 Å². The molecular formula is C9H10ClN3OS. The van der Waals surface area contributed by atoms with E-state index in [0.29, 0.717) is 23.7 Å². The third-order valence-electron chi connectivity index (χ3n) is 2.22. The molecular weight excluding hydrogens is 234 g/mol. The molecule has 1 saturated heterocycles. The SMILES string of the molecule is O=Cc1c(Cl)ncnc1NC1CCSC1. The largest absolute Gasteiger partial charge is 0.366 e. The van der Waals surface area contributed by atoms with Crippen molar-refractivity contribution in [1.82, 2.24) is 9.97 Å². The van der Waals surface area contributed by atoms with E-state index in [0.717, 1.165) is 17.9 Å². The summed E-state index contributed by atoms with van der Waals surface area (Å²) in [6.45, 7) is 0. The molecule has 2 heterocycles. The van der Waals surface area contributed by atoms with Crippen molar-refractivity contribution in [2.45, 2.75) is 12.5 Å². The van der Waals surface area contributed by atoms with Gasteiger partial charge in [0.15, 0.2) is 6.29 Å². The number of rotatable bonds is 3. The Labute approximate surface area is 96.8 Å². The van der Waals surface area contributed by atoms with Crippen LogP contribution in [0.1, 0.15) is 16.8 Å². The quantitative estimate of drug-likeness (QED) is 0.649. The van der Waals surface area contributed by atoms with Gasteiger partial charge in [-0.1, -0.05) is 11.6 Å². The lowest BCUT2D eigenvalue weighted by molar-refractivity contribution is 0.112. The molecule has 1 atom stereocenters. The van der Waals surface area contributed by atoms with Crippen molar-refractivity contribution >= 4 is 35.5 Å². The minimum absolute atomic E-state index is 0.202. The van der Waals surface area contributed by atoms with E-state index in [1.165, 1.54) is 6.33 Å². The molecule has 1 aromatic rings. The number of aldehydes is 1. The number of halogens is 1. The predicted octanol–water partition coefficient (Wildman–Crippen LogP) is 1.86. The molecule has 0 bridgehead atoms. The molecule has 1 fully saturated rings. The van der Waals surface area contributed by atoms with Gasteiger partial charge in [0.05, 0.1) is 5.56 Å². The van der Waals surface area contributed by atoms with Gasteiger partial charge in [-0.05, 0) is 12.2 Å². The number of carbonyl (C=O) groups excluding carboxylic acids is 1. The number of nitrogens with one attached hydrogen (secondary N) is 1. The van der Waals surface area contributed by atoms with Crippen LogP contribution in [0.4, 0.5) is 5.82 Å². The predicted molar refractivity (Wildman–Crippen MR) is 61.8 cm³/mol. The van der Waals surface area contributed by atoms with E-state index in [1.807, 2.05) is 11.8 Å². The lowest BCUT2D eigenvalue weighted by Crippen LogP contribution is -2.20. The van der Waals surface area contributed by atoms with Crippen LogP contribution in [0.2, 0.25) is 5.15 Å². The number of thioether (sulfide) groups is 1. The zero-order chi connectivity index (χ0) is 10.7. The topological polar surface area (TPSA) is 54.9 Å². The van der Waals surface area contributed by atoms with Gasteiger partial charge in [0, 0.05) is 11.8 Å². The zero-order valence-electron chi connectivity index (χ0n) is 7.94. The first-order valence-corrected chi connectivity index (χ1v) is 6.14. The molecule has 0 amide bonds. The van der Waals surface area contributed by atoms with E-state index in [4.69, 9.17) is 11.6 Å². The van der Waals surface area contributed by atoms with Gasteiger partial charge in [0.25, 0.3) is 0 Å². The third-order valence-corrected chi connectivity index (χ3v) is 3.69. The number of aromatic nitrogens is 2. The highest BCUT2D eigenvalue weighted by atomic mass is 35.5. The van der Waals surface area contributed by atoms with Gasteiger partial charge in [-0.3, -0.25) is 4.79 Å². The van der Waals surface area contributed by atoms with Gasteiger partial charge in [0.2, 0.25) is 0 Å². The van der Waals surface area contributed by atoms with E-state index >= 15 is 0 Å². The van der Waals surface area contributed by atoms with Gasteiger partial charge in [-0.2, -0.15) is 11.8 Å². The maximum Gasteiger partial charge on any atom is 0.156 e. The maximum atomic E-state index is 10.8. The molecule has 6 heteroatoms. The molecule has 0 saturated carbocycles. The molecule has 0 radical (unpaired) electrons. The van der Waals surface area contributed by atoms with Gasteiger partial charge >= 0.3 is 0 Å². The fourth-order valence-electron chi connectivity index (χ4n) is 1.44. The van der Waals surface area contributed by atoms with Crippen LogP contribution in [-0.4, -0.2) is 33.8 Å². The van der Waals surface area contributed by atoms with Gasteiger partial charge < -0.3 is 5.32 Å². The summed E-state index contributed by atoms with van der Waals surface area (Å²) in [5.74, 6) is 2.73. The summed E-state index contributed by atoms with van der Waals surface area (Å²) in [6.07, 6.45) is 3.14. The second-order valence-electron chi connectivity index (χ2n) is 3.25. The highest BCUT2D eigenvalue weighted by Crippen LogP contribution is 2.23. The minimum Gasteiger partial charge on any atom is -0.366 e. The minimum atomic E-state index is 0.202. The molecule has 0 spiro atoms. The zero-order valence-corrected chi connectivity index (χ0v) is 9.51. The molecule has 1 unspecified atom stereocenters. The van der Waals surface area contributed by atoms with Crippen LogP contribution < -0.4 is 5.32 Å². The van der Waals surface area contributed by atoms with E-state index in [1.54, 1.807) is 0 Å². The fraction of sp³-hybridized carbons (Fsp3) is 0.444. The Balaban J connectivity index is 2.19. The summed E-state index contributed by atoms with van der Waals surface area (Å²) in [5.41, 5.74) is 0.344. The Bertz CT molecular complexity index is 368. The third kappa shape index (κ3) is 2.41. The van der Waals surface area contributed by atoms with Crippen LogP contribution in [0.25, 0.3) is 0 Å². The molecule has 15 heavy (non-hydrogen) atoms. The standard InChI is InChI=1S/C9H10ClN3OS/c10-8-7(3-14)9(12-5-11-8)13-6-1-2-15-4-6/h3,5-6H,1-2,4H2,(H,11,12,13). The number of carbonyl (C=O) groups is 1. The van der Waals surface area contributed by atoms with Crippen molar-refractivity contribution in [3.8, 4) is 0 Å². The number of hydrogen-bond donors (Lipinski definition) is 1. The highest BCUT2D eigenvalue weighted by molar-refractivity contribution is 7.99. The van der Waals surface area contributed by atoms with Crippen LogP contribution in [0.5, 0.6) is 0 Å². The Morgan fingerprint density at radius 1 is 1.60 bits per heavy atom. The summed E-state index contributed by atoms with van der Waals surface area (Å²) in [7, 11) is 0. The Kier molecular flexibility index (Phi) is 3.43. The van der Waals surface area contributed by atoms with Gasteiger partial charge in [0.1, 0.15) is 17.3 Å². The van der Waals surface area contributed by atoms with Crippen LogP contribution >= 0.6 is 23.4 Å². The normalized spacial score (nSPS) is 20.2. The lowest BCUT2D eigenvalue weighted by atomic mass is 10.2. The molecule has 1 aliphatic rings. The van der Waals surface area contributed by atoms with Crippen LogP contribution in [0.3, 0.4) is 0 Å². The maximum absolute atomic E-state index is 10.8. The summed E-state index contributed by atoms with van der Waals surface area (Å²) < 4.78 is 0. The second-order valence-corrected chi connectivity index (χ2v) is 4.76. The van der Waals surface area contributed by atoms with Crippen LogP contribution in [0.15, 0.2) is 6.33 Å². The summed E-state index contributed by atoms with van der Waals surface area (Å²) in [4.78, 5) is 18.6. The summed E-state index contributed by atoms with van der Waals surface area (Å²) >= 11 is 7.68. The van der Waals surface area contributed by atoms with E-state index in [-0.39, 0.29) is 5.15 Å². The van der Waals surface area contributed by atoms with Crippen molar-refractivity contribution < 1.29 is 4.79 Å². The summed E-state index contributed by atoms with van der Waals surface area (Å²) in [6, 6.07) is 0.375. The van der Waals surface area contributed by atoms with Crippen molar-refractivity contribution in [3.63, 3.8) is 0 Å². The molecule has 2 rings (SSSR count). The molecule has 0 aromatic carbocycles. The Hall–Kier alpha value is -0.810. The van der Waals surface area contributed by atoms with Crippen molar-refractivity contribution in [3.05, 3.63) is 17.0 Å². The smallest absolute Gasteiger partial charge is 0.156 e. The lowest BCUT2D eigenvalue weighted by Gasteiger charge is -2.13. The first-order valence-electron chi connectivity index (χ1n) is 4.61. The molecule has 1 aromatic heterocycles. The number of nitrogens with zero attached hydrogens (tertiary/aromatic N) is 2. The van der Waals surface area contributed by atoms with Crippen molar-refractivity contribution in [2.75, 3.05) is 16.8 Å². The number of anilines is 1. The van der Waals surface area contributed by atoms with E-state index < -0.39 is 0 Å². The summed E-state index contributed by atoms with van der Waals surface area (Å²) in [5, 5.41) is 3.42. The first-order chi connectivity index (χ1) is 7.31. The van der Waals surface area contributed by atoms with Crippen molar-refractivity contribution in [2.24, 2.45) is 0 Å². The molecule has 4 nitrogen and oxygen atoms in total.